The number of nitrogens with one attached hydrogen (secondary N) is 1. The summed E-state index contributed by atoms with van der Waals surface area (Å²) >= 11 is 1.78. The summed E-state index contributed by atoms with van der Waals surface area (Å²) in [7, 11) is 0. The molecule has 0 saturated carbocycles. The van der Waals surface area contributed by atoms with Gasteiger partial charge in [0.15, 0.2) is 11.6 Å². The summed E-state index contributed by atoms with van der Waals surface area (Å²) in [6.45, 7) is 6.83. The Kier molecular flexibility index (Phi) is 6.27. The number of rotatable bonds is 5. The quantitative estimate of drug-likeness (QED) is 0.339. The molecule has 6 heterocycles. The van der Waals surface area contributed by atoms with E-state index in [2.05, 4.69) is 44.0 Å². The van der Waals surface area contributed by atoms with Crippen LogP contribution in [0.15, 0.2) is 54.9 Å². The number of likely N-dealkylation sites (tertiary alicyclic amines) is 1. The Morgan fingerprint density at radius 1 is 1.13 bits per heavy atom. The molecule has 0 radical (unpaired) electrons. The summed E-state index contributed by atoms with van der Waals surface area (Å²) in [5.74, 6) is 1.69. The van der Waals surface area contributed by atoms with Gasteiger partial charge in [0, 0.05) is 54.2 Å². The molecule has 0 bridgehead atoms. The van der Waals surface area contributed by atoms with Crippen LogP contribution in [0.3, 0.4) is 0 Å². The van der Waals surface area contributed by atoms with Crippen molar-refractivity contribution in [3.8, 4) is 11.4 Å². The van der Waals surface area contributed by atoms with Crippen LogP contribution in [0.25, 0.3) is 32.5 Å². The number of hydrogen-bond acceptors (Lipinski definition) is 9. The molecule has 2 unspecified atom stereocenters. The van der Waals surface area contributed by atoms with Gasteiger partial charge in [-0.1, -0.05) is 18.2 Å². The van der Waals surface area contributed by atoms with Crippen molar-refractivity contribution in [2.45, 2.75) is 38.0 Å². The molecule has 10 heteroatoms. The van der Waals surface area contributed by atoms with Gasteiger partial charge in [-0.05, 0) is 44.0 Å². The van der Waals surface area contributed by atoms with E-state index in [0.717, 1.165) is 64.4 Å². The lowest BCUT2D eigenvalue weighted by Gasteiger charge is -2.42. The van der Waals surface area contributed by atoms with Crippen molar-refractivity contribution in [2.24, 2.45) is 0 Å². The first-order valence-corrected chi connectivity index (χ1v) is 14.3. The zero-order chi connectivity index (χ0) is 26.4. The van der Waals surface area contributed by atoms with Crippen LogP contribution in [0.4, 0.5) is 5.82 Å². The second kappa shape index (κ2) is 9.95. The number of hydrogen-bond donors (Lipinski definition) is 2. The van der Waals surface area contributed by atoms with Crippen LogP contribution in [0.1, 0.15) is 30.3 Å². The Morgan fingerprint density at radius 2 is 2.03 bits per heavy atom. The number of anilines is 1. The Hall–Kier alpha value is -3.44. The highest BCUT2D eigenvalue weighted by Crippen LogP contribution is 2.39. The Labute approximate surface area is 230 Å². The van der Waals surface area contributed by atoms with Crippen molar-refractivity contribution in [3.63, 3.8) is 0 Å². The highest BCUT2D eigenvalue weighted by Gasteiger charge is 2.39. The van der Waals surface area contributed by atoms with Crippen LogP contribution in [-0.4, -0.2) is 74.0 Å². The van der Waals surface area contributed by atoms with Gasteiger partial charge >= 0.3 is 0 Å². The van der Waals surface area contributed by atoms with Gasteiger partial charge in [0.2, 0.25) is 0 Å². The normalized spacial score (nSPS) is 22.6. The molecular formula is C29H31N7O2S. The third-order valence-corrected chi connectivity index (χ3v) is 9.12. The van der Waals surface area contributed by atoms with Crippen LogP contribution in [-0.2, 0) is 16.9 Å². The van der Waals surface area contributed by atoms with E-state index in [0.29, 0.717) is 31.9 Å². The first-order chi connectivity index (χ1) is 19.1. The third-order valence-electron chi connectivity index (χ3n) is 8.01. The van der Waals surface area contributed by atoms with Gasteiger partial charge in [0.1, 0.15) is 5.60 Å². The van der Waals surface area contributed by atoms with E-state index in [1.54, 1.807) is 17.5 Å². The number of morpholine rings is 1. The van der Waals surface area contributed by atoms with E-state index < -0.39 is 5.60 Å². The molecule has 7 rings (SSSR count). The van der Waals surface area contributed by atoms with Gasteiger partial charge < -0.3 is 14.7 Å². The maximum absolute atomic E-state index is 11.4. The Bertz CT molecular complexity index is 1610. The lowest BCUT2D eigenvalue weighted by molar-refractivity contribution is -0.0529. The molecule has 2 atom stereocenters. The molecule has 2 aliphatic heterocycles. The number of H-pyrrole nitrogens is 1. The van der Waals surface area contributed by atoms with E-state index in [1.807, 2.05) is 36.5 Å². The number of benzene rings is 1. The summed E-state index contributed by atoms with van der Waals surface area (Å²) in [5.41, 5.74) is 2.80. The highest BCUT2D eigenvalue weighted by molar-refractivity contribution is 7.19. The Morgan fingerprint density at radius 3 is 2.85 bits per heavy atom. The van der Waals surface area contributed by atoms with Crippen molar-refractivity contribution in [2.75, 3.05) is 37.7 Å². The average molecular weight is 542 g/mol. The predicted octanol–water partition coefficient (Wildman–Crippen LogP) is 4.34. The lowest BCUT2D eigenvalue weighted by Crippen LogP contribution is -2.47. The summed E-state index contributed by atoms with van der Waals surface area (Å²) in [4.78, 5) is 20.7. The number of aromatic nitrogens is 5. The second-order valence-corrected chi connectivity index (χ2v) is 11.7. The summed E-state index contributed by atoms with van der Waals surface area (Å²) < 4.78 is 6.75. The minimum absolute atomic E-state index is 0.218. The molecule has 4 aromatic heterocycles. The third kappa shape index (κ3) is 4.57. The maximum atomic E-state index is 11.4. The van der Waals surface area contributed by atoms with E-state index >= 15 is 0 Å². The number of aromatic amines is 1. The van der Waals surface area contributed by atoms with Crippen molar-refractivity contribution in [3.05, 3.63) is 65.4 Å². The number of fused-ring (bicyclic) bond motifs is 2. The molecule has 200 valence electrons. The van der Waals surface area contributed by atoms with E-state index in [-0.39, 0.29) is 6.04 Å². The van der Waals surface area contributed by atoms with Crippen molar-refractivity contribution in [1.29, 1.82) is 0 Å². The molecule has 5 aromatic rings. The first-order valence-electron chi connectivity index (χ1n) is 13.5. The van der Waals surface area contributed by atoms with Crippen LogP contribution < -0.4 is 4.90 Å². The number of aliphatic hydroxyl groups is 1. The molecule has 1 aromatic carbocycles. The minimum Gasteiger partial charge on any atom is -0.383 e. The van der Waals surface area contributed by atoms with Crippen LogP contribution >= 0.6 is 11.3 Å². The van der Waals surface area contributed by atoms with Crippen LogP contribution in [0.2, 0.25) is 0 Å². The molecule has 2 fully saturated rings. The number of piperidine rings is 1. The molecular weight excluding hydrogens is 510 g/mol. The van der Waals surface area contributed by atoms with Gasteiger partial charge in [-0.25, -0.2) is 9.97 Å². The minimum atomic E-state index is -0.880. The zero-order valence-corrected chi connectivity index (χ0v) is 22.7. The average Bonchev–Trinajstić information content (AvgIpc) is 3.62. The summed E-state index contributed by atoms with van der Waals surface area (Å²) in [6, 6.07) is 14.3. The standard InChI is InChI=1S/C29H31N7O2S/c1-19-16-29(37,25-7-2-3-9-30-25)8-10-36(19)18-20-15-24-26(39-20)28(35-11-13-38-14-12-35)33-27(32-24)21-5-4-6-23-22(21)17-31-34-23/h2-7,9,15,17,19,37H,8,10-14,16,18H2,1H3,(H,31,34). The number of thiophene rings is 1. The highest BCUT2D eigenvalue weighted by atomic mass is 32.1. The summed E-state index contributed by atoms with van der Waals surface area (Å²) in [5, 5.41) is 19.7. The number of pyridine rings is 1. The molecule has 0 spiro atoms. The smallest absolute Gasteiger partial charge is 0.162 e. The van der Waals surface area contributed by atoms with E-state index in [4.69, 9.17) is 14.7 Å². The fraction of sp³-hybridized carbons (Fsp3) is 0.379. The lowest BCUT2D eigenvalue weighted by atomic mass is 9.84. The monoisotopic (exact) mass is 541 g/mol. The fourth-order valence-corrected chi connectivity index (χ4v) is 7.03. The van der Waals surface area contributed by atoms with Gasteiger partial charge in [0.25, 0.3) is 0 Å². The number of ether oxygens (including phenoxy) is 1. The van der Waals surface area contributed by atoms with E-state index in [9.17, 15) is 5.11 Å². The summed E-state index contributed by atoms with van der Waals surface area (Å²) in [6.07, 6.45) is 4.93. The van der Waals surface area contributed by atoms with Gasteiger partial charge in [-0.2, -0.15) is 5.10 Å². The topological polar surface area (TPSA) is 103 Å². The van der Waals surface area contributed by atoms with Crippen molar-refractivity contribution in [1.82, 2.24) is 30.0 Å². The SMILES string of the molecule is CC1CC(O)(c2ccccn2)CCN1Cc1cc2nc(-c3cccc4[nH]ncc34)nc(N3CCOCC3)c2s1. The van der Waals surface area contributed by atoms with Gasteiger partial charge in [-0.15, -0.1) is 11.3 Å². The van der Waals surface area contributed by atoms with Gasteiger partial charge in [0.05, 0.1) is 40.8 Å². The van der Waals surface area contributed by atoms with Crippen LogP contribution in [0.5, 0.6) is 0 Å². The van der Waals surface area contributed by atoms with E-state index in [1.165, 1.54) is 4.88 Å². The number of nitrogens with zero attached hydrogens (tertiary/aromatic N) is 6. The zero-order valence-electron chi connectivity index (χ0n) is 21.9. The van der Waals surface area contributed by atoms with Crippen LogP contribution in [0, 0.1) is 0 Å². The molecule has 0 amide bonds. The maximum Gasteiger partial charge on any atom is 0.162 e. The Balaban J connectivity index is 1.22. The molecule has 2 aliphatic rings. The fourth-order valence-electron chi connectivity index (χ4n) is 5.89. The molecule has 2 saturated heterocycles. The largest absolute Gasteiger partial charge is 0.383 e. The first kappa shape index (κ1) is 24.6. The molecule has 9 nitrogen and oxygen atoms in total. The second-order valence-electron chi connectivity index (χ2n) is 10.6. The van der Waals surface area contributed by atoms with Gasteiger partial charge in [-0.3, -0.25) is 15.0 Å². The van der Waals surface area contributed by atoms with Crippen molar-refractivity contribution < 1.29 is 9.84 Å². The molecule has 39 heavy (non-hydrogen) atoms. The molecule has 0 aliphatic carbocycles. The predicted molar refractivity (Wildman–Crippen MR) is 153 cm³/mol. The van der Waals surface area contributed by atoms with Crippen molar-refractivity contribution >= 4 is 38.3 Å². The molecule has 2 N–H and O–H groups in total.